The minimum Gasteiger partial charge on any atom is -0.493 e. The number of piperazine rings is 1. The van der Waals surface area contributed by atoms with Gasteiger partial charge in [0.2, 0.25) is 5.91 Å². The molecule has 274 valence electrons. The number of alkyl halides is 3. The Morgan fingerprint density at radius 3 is 2.18 bits per heavy atom. The largest absolute Gasteiger partial charge is 0.493 e. The van der Waals surface area contributed by atoms with Gasteiger partial charge in [0.25, 0.3) is 0 Å². The van der Waals surface area contributed by atoms with Crippen molar-refractivity contribution < 1.29 is 37.3 Å². The Hall–Kier alpha value is -3.68. The summed E-state index contributed by atoms with van der Waals surface area (Å²) in [6, 6.07) is 15.8. The number of hydrogen-bond acceptors (Lipinski definition) is 7. The maximum atomic E-state index is 12.4. The predicted molar refractivity (Wildman–Crippen MR) is 187 cm³/mol. The minimum absolute atomic E-state index is 0.132. The molecule has 1 aliphatic heterocycles. The first-order chi connectivity index (χ1) is 23.4. The summed E-state index contributed by atoms with van der Waals surface area (Å²) in [7, 11) is 1.70. The second-order valence-electron chi connectivity index (χ2n) is 12.0. The van der Waals surface area contributed by atoms with E-state index in [0.717, 1.165) is 80.5 Å². The molecule has 0 aromatic heterocycles. The third-order valence-corrected chi connectivity index (χ3v) is 8.28. The predicted octanol–water partition coefficient (Wildman–Crippen LogP) is 5.87. The zero-order valence-corrected chi connectivity index (χ0v) is 29.4. The zero-order chi connectivity index (χ0) is 36.2. The molecule has 0 spiro atoms. The Morgan fingerprint density at radius 2 is 1.61 bits per heavy atom. The van der Waals surface area contributed by atoms with Crippen LogP contribution in [0.3, 0.4) is 0 Å². The molecule has 1 aliphatic rings. The summed E-state index contributed by atoms with van der Waals surface area (Å²) in [6.07, 6.45) is 1.10. The van der Waals surface area contributed by atoms with Gasteiger partial charge in [-0.3, -0.25) is 24.9 Å². The number of methoxy groups -OCH3 is 1. The lowest BCUT2D eigenvalue weighted by atomic mass is 9.99. The molecular weight excluding hydrogens is 639 g/mol. The molecule has 4 N–H and O–H groups in total. The van der Waals surface area contributed by atoms with Crippen molar-refractivity contribution in [2.24, 2.45) is 10.7 Å². The van der Waals surface area contributed by atoms with E-state index >= 15 is 0 Å². The molecule has 1 fully saturated rings. The van der Waals surface area contributed by atoms with Crippen molar-refractivity contribution in [2.75, 3.05) is 53.0 Å². The zero-order valence-electron chi connectivity index (χ0n) is 29.4. The molecular formula is C36H54F3N5O5. The second kappa shape index (κ2) is 22.1. The topological polar surface area (TPSA) is 130 Å². The highest BCUT2D eigenvalue weighted by molar-refractivity contribution is 5.96. The van der Waals surface area contributed by atoms with Crippen LogP contribution in [0.15, 0.2) is 47.5 Å². The van der Waals surface area contributed by atoms with E-state index in [0.29, 0.717) is 32.6 Å². The monoisotopic (exact) mass is 693 g/mol. The van der Waals surface area contributed by atoms with Crippen LogP contribution >= 0.6 is 0 Å². The number of carboxylic acids is 1. The molecule has 2 aromatic rings. The fraction of sp³-hybridized carbons (Fsp3) is 0.583. The van der Waals surface area contributed by atoms with Gasteiger partial charge < -0.3 is 20.3 Å². The van der Waals surface area contributed by atoms with Crippen molar-refractivity contribution in [3.63, 3.8) is 0 Å². The van der Waals surface area contributed by atoms with E-state index in [9.17, 15) is 18.0 Å². The van der Waals surface area contributed by atoms with Crippen molar-refractivity contribution in [3.8, 4) is 16.9 Å². The average Bonchev–Trinajstić information content (AvgIpc) is 3.07. The van der Waals surface area contributed by atoms with Crippen molar-refractivity contribution in [1.29, 1.82) is 0 Å². The van der Waals surface area contributed by atoms with Crippen LogP contribution in [0, 0.1) is 0 Å². The van der Waals surface area contributed by atoms with Crippen molar-refractivity contribution in [2.45, 2.75) is 84.5 Å². The summed E-state index contributed by atoms with van der Waals surface area (Å²) in [4.78, 5) is 30.7. The van der Waals surface area contributed by atoms with E-state index in [1.807, 2.05) is 0 Å². The van der Waals surface area contributed by atoms with Gasteiger partial charge in [-0.15, -0.1) is 0 Å². The Balaban J connectivity index is 0.00000107. The maximum Gasteiger partial charge on any atom is 0.490 e. The van der Waals surface area contributed by atoms with Gasteiger partial charge in [-0.1, -0.05) is 63.6 Å². The van der Waals surface area contributed by atoms with Crippen LogP contribution in [0.2, 0.25) is 0 Å². The fourth-order valence-electron chi connectivity index (χ4n) is 5.47. The number of unbranched alkanes of at least 4 members (excludes halogenated alkanes) is 1. The van der Waals surface area contributed by atoms with Gasteiger partial charge in [0.15, 0.2) is 5.96 Å². The minimum atomic E-state index is -5.08. The number of amides is 1. The molecule has 13 heteroatoms. The lowest BCUT2D eigenvalue weighted by Crippen LogP contribution is -2.49. The van der Waals surface area contributed by atoms with Crippen LogP contribution in [0.5, 0.6) is 5.75 Å². The quantitative estimate of drug-likeness (QED) is 0.107. The number of halogens is 3. The summed E-state index contributed by atoms with van der Waals surface area (Å²) in [5, 5.41) is 9.82. The third-order valence-electron chi connectivity index (χ3n) is 8.28. The lowest BCUT2D eigenvalue weighted by Gasteiger charge is -2.38. The molecule has 10 nitrogen and oxygen atoms in total. The smallest absolute Gasteiger partial charge is 0.490 e. The van der Waals surface area contributed by atoms with Crippen LogP contribution in [-0.2, 0) is 27.3 Å². The van der Waals surface area contributed by atoms with Crippen LogP contribution in [-0.4, -0.2) is 98.0 Å². The number of nitrogens with two attached hydrogens (primary N) is 1. The van der Waals surface area contributed by atoms with Crippen LogP contribution in [0.4, 0.5) is 13.2 Å². The van der Waals surface area contributed by atoms with E-state index < -0.39 is 12.1 Å². The number of nitrogens with one attached hydrogen (secondary N) is 1. The number of nitrogens with zero attached hydrogens (tertiary/aromatic N) is 3. The van der Waals surface area contributed by atoms with Gasteiger partial charge >= 0.3 is 12.1 Å². The number of ether oxygens (including phenoxy) is 2. The Labute approximate surface area is 288 Å². The van der Waals surface area contributed by atoms with Crippen molar-refractivity contribution >= 4 is 17.8 Å². The van der Waals surface area contributed by atoms with Crippen LogP contribution < -0.4 is 15.8 Å². The molecule has 0 saturated carbocycles. The highest BCUT2D eigenvalue weighted by Gasteiger charge is 2.38. The van der Waals surface area contributed by atoms with E-state index in [1.54, 1.807) is 7.11 Å². The SMILES string of the molecule is CCCCN=C(N)NC(=O)CCc1ccc(-c2ccc(CN3CCN(C(CC)CC)CC3)cc2)c(OCCCOC)c1.O=C(O)C(F)(F)F. The van der Waals surface area contributed by atoms with Gasteiger partial charge in [0, 0.05) is 77.4 Å². The van der Waals surface area contributed by atoms with E-state index in [1.165, 1.54) is 18.4 Å². The summed E-state index contributed by atoms with van der Waals surface area (Å²) in [6.45, 7) is 14.1. The maximum absolute atomic E-state index is 12.4. The normalized spacial score (nSPS) is 14.3. The fourth-order valence-corrected chi connectivity index (χ4v) is 5.47. The number of rotatable bonds is 17. The first-order valence-corrected chi connectivity index (χ1v) is 17.1. The highest BCUT2D eigenvalue weighted by Crippen LogP contribution is 2.32. The lowest BCUT2D eigenvalue weighted by molar-refractivity contribution is -0.192. The standard InChI is InChI=1S/C34H53N5O3.C2HF3O2/c1-5-8-18-36-34(35)37-33(40)17-13-27-12-16-31(32(25-27)42-24-9-23-41-4)29-14-10-28(11-15-29)26-38-19-21-39(22-20-38)30(6-2)7-3;3-2(4,5)1(6)7/h10-12,14-16,25,30H,5-9,13,17-24,26H2,1-4H3,(H3,35,36,37,40);(H,6,7). The molecule has 0 unspecified atom stereocenters. The Bertz CT molecular complexity index is 1290. The number of aryl methyl sites for hydroxylation is 1. The molecule has 0 aliphatic carbocycles. The molecule has 2 aromatic carbocycles. The average molecular weight is 694 g/mol. The summed E-state index contributed by atoms with van der Waals surface area (Å²) >= 11 is 0. The molecule has 0 atom stereocenters. The Morgan fingerprint density at radius 1 is 0.980 bits per heavy atom. The molecule has 1 saturated heterocycles. The first kappa shape index (κ1) is 41.5. The van der Waals surface area contributed by atoms with E-state index in [-0.39, 0.29) is 11.9 Å². The molecule has 1 heterocycles. The number of benzene rings is 2. The summed E-state index contributed by atoms with van der Waals surface area (Å²) < 4.78 is 43.2. The van der Waals surface area contributed by atoms with Gasteiger partial charge in [0.1, 0.15) is 5.75 Å². The highest BCUT2D eigenvalue weighted by atomic mass is 19.4. The van der Waals surface area contributed by atoms with Gasteiger partial charge in [-0.2, -0.15) is 13.2 Å². The number of aliphatic carboxylic acids is 1. The molecule has 0 bridgehead atoms. The van der Waals surface area contributed by atoms with Crippen molar-refractivity contribution in [1.82, 2.24) is 15.1 Å². The number of hydrogen-bond donors (Lipinski definition) is 3. The van der Waals surface area contributed by atoms with Gasteiger partial charge in [-0.05, 0) is 48.4 Å². The van der Waals surface area contributed by atoms with Crippen molar-refractivity contribution in [3.05, 3.63) is 53.6 Å². The van der Waals surface area contributed by atoms with Gasteiger partial charge in [-0.25, -0.2) is 4.79 Å². The third kappa shape index (κ3) is 15.6. The van der Waals surface area contributed by atoms with E-state index in [4.69, 9.17) is 25.1 Å². The molecule has 0 radical (unpaired) electrons. The molecule has 49 heavy (non-hydrogen) atoms. The van der Waals surface area contributed by atoms with Gasteiger partial charge in [0.05, 0.1) is 6.61 Å². The molecule has 3 rings (SSSR count). The second-order valence-corrected chi connectivity index (χ2v) is 12.0. The van der Waals surface area contributed by atoms with Crippen LogP contribution in [0.25, 0.3) is 11.1 Å². The number of carbonyl (C=O) groups excluding carboxylic acids is 1. The number of carbonyl (C=O) groups is 2. The summed E-state index contributed by atoms with van der Waals surface area (Å²) in [5.74, 6) is -1.87. The Kier molecular flexibility index (Phi) is 18.7. The number of aliphatic imine (C=N–C) groups is 1. The summed E-state index contributed by atoms with van der Waals surface area (Å²) in [5.41, 5.74) is 10.4. The van der Waals surface area contributed by atoms with E-state index in [2.05, 4.69) is 83.3 Å². The number of carboxylic acid groups (broad SMARTS) is 1. The van der Waals surface area contributed by atoms with Crippen LogP contribution in [0.1, 0.15) is 70.4 Å². The number of guanidine groups is 1. The first-order valence-electron chi connectivity index (χ1n) is 17.1. The molecule has 1 amide bonds.